The van der Waals surface area contributed by atoms with Crippen molar-refractivity contribution < 1.29 is 249 Å². The largest absolute Gasteiger partial charge is 0.870 e. The van der Waals surface area contributed by atoms with Crippen LogP contribution in [0.4, 0.5) is 0 Å². The van der Waals surface area contributed by atoms with E-state index < -0.39 is 316 Å². The van der Waals surface area contributed by atoms with Crippen molar-refractivity contribution in [1.82, 2.24) is 0 Å². The van der Waals surface area contributed by atoms with Crippen LogP contribution in [0.15, 0.2) is 0 Å². The lowest BCUT2D eigenvalue weighted by molar-refractivity contribution is -0.808. The van der Waals surface area contributed by atoms with Crippen molar-refractivity contribution in [2.75, 3.05) is 81.3 Å². The molecule has 0 aliphatic carbocycles. The van der Waals surface area contributed by atoms with Gasteiger partial charge < -0.3 is 197 Å². The van der Waals surface area contributed by atoms with E-state index in [0.29, 0.717) is 0 Å². The van der Waals surface area contributed by atoms with Gasteiger partial charge in [-0.25, -0.2) is 30.1 Å². The molecular formula is C56H98O52S4-6. The minimum absolute atomic E-state index is 0. The summed E-state index contributed by atoms with van der Waals surface area (Å²) in [7, 11) is -10.4. The molecule has 10 aliphatic heterocycles. The second-order valence-electron chi connectivity index (χ2n) is 26.3. The van der Waals surface area contributed by atoms with Crippen LogP contribution in [0.5, 0.6) is 0 Å². The molecule has 0 amide bonds. The number of rotatable bonds is 26. The number of hydrogen-bond donors (Lipinski definition) is 16. The number of aliphatic hydroxyl groups is 16. The predicted molar refractivity (Wildman–Crippen MR) is 337 cm³/mol. The van der Waals surface area contributed by atoms with Gasteiger partial charge in [0, 0.05) is 52.1 Å². The average molecular weight is 1730 g/mol. The van der Waals surface area contributed by atoms with E-state index in [9.17, 15) is 126 Å². The molecule has 0 aromatic carbocycles. The molecule has 16 unspecified atom stereocenters. The Hall–Kier alpha value is -1.93. The zero-order valence-corrected chi connectivity index (χ0v) is 63.6. The van der Waals surface area contributed by atoms with Crippen molar-refractivity contribution in [3.05, 3.63) is 0 Å². The normalized spacial score (nSPS) is 45.4. The standard InChI is InChI=1S/C14H26O15S.C14H26O13S.C14H24O12S.C14H24O9.OS.2H2O/c1-5-8(16)6(3-15)25-13(9(5)17)27-11-7(4-24-30(20,21)22)26-14(23-2)12(10(11)18)28-29-19;1-5-8(16)6(3-15)25-14(9(5)17)27-12-7(4-24-28(20,21)22)26-13(23-2)11(19)10(12)18;1-5-8(16)6(3-15)23-13(9(5)17)25-10-7-4-22-11(10)12(14(21-2)24-7)26-27(18,19)20;1-5-8(16)6(3-15)21-14(9(5)17)23-11-7-4-20-12(11)10(18)13(19-2)22-7;1-2;;/h5-19H,3-4H2,1-2H3,(H,20,21,22);5-19H,3-4H2,1-2H3,(H,20,21,22);5-17H,3-4H2,1-2H3,(H,18,19,20);5-18H,3-4H2,1-2H3;;2*1H2/p-6/t5-,6?,7?,8+,9?,10-,11-,12?,13-,14-;5-,6?,7?,8+,9?,10+,11?,12-,13-,14-;5-,6?,7?,8+,9?,10-,11?,12-,13-,14-;5-,6?,7?,8+,9?,10-,11-,12?,13-,14-;;;/m0000.../s1. The molecule has 10 aliphatic rings. The van der Waals surface area contributed by atoms with Crippen LogP contribution < -0.4 is 5.26 Å². The minimum Gasteiger partial charge on any atom is -0.870 e. The van der Waals surface area contributed by atoms with Crippen LogP contribution >= 0.6 is 0 Å². The smallest absolute Gasteiger partial charge is 0.218 e. The van der Waals surface area contributed by atoms with Crippen molar-refractivity contribution in [2.24, 2.45) is 23.7 Å². The van der Waals surface area contributed by atoms with Gasteiger partial charge in [-0.2, -0.15) is 4.21 Å². The maximum absolute atomic E-state index is 11.0. The molecule has 0 radical (unpaired) electrons. The number of ether oxygens (including phenoxy) is 18. The molecule has 52 nitrogen and oxygen atoms in total. The summed E-state index contributed by atoms with van der Waals surface area (Å²) < 4.78 is 215. The lowest BCUT2D eigenvalue weighted by Crippen LogP contribution is -2.64. The van der Waals surface area contributed by atoms with Gasteiger partial charge in [0.05, 0.1) is 77.3 Å². The van der Waals surface area contributed by atoms with Gasteiger partial charge in [0.25, 0.3) is 0 Å². The Bertz CT molecular complexity index is 3050. The second-order valence-corrected chi connectivity index (χ2v) is 29.4. The van der Waals surface area contributed by atoms with Gasteiger partial charge in [-0.15, -0.1) is 0 Å². The molecule has 18 N–H and O–H groups in total. The highest BCUT2D eigenvalue weighted by Crippen LogP contribution is 2.41. The lowest BCUT2D eigenvalue weighted by atomic mass is 9.90. The van der Waals surface area contributed by atoms with E-state index in [0.717, 1.165) is 14.2 Å². The van der Waals surface area contributed by atoms with Crippen molar-refractivity contribution in [1.29, 1.82) is 0 Å². The first kappa shape index (κ1) is 102. The average Bonchev–Trinajstić information content (AvgIpc) is 1.01. The minimum atomic E-state index is -5.15. The van der Waals surface area contributed by atoms with Gasteiger partial charge in [0.2, 0.25) is 31.2 Å². The molecule has 0 spiro atoms. The summed E-state index contributed by atoms with van der Waals surface area (Å²) >= 11 is 2.83. The first-order valence-electron chi connectivity index (χ1n) is 33.4. The molecule has 10 rings (SSSR count). The van der Waals surface area contributed by atoms with Gasteiger partial charge in [0.15, 0.2) is 75.1 Å². The third-order valence-electron chi connectivity index (χ3n) is 19.5. The van der Waals surface area contributed by atoms with Crippen molar-refractivity contribution in [3.8, 4) is 0 Å². The molecule has 40 atom stereocenters. The Kier molecular flexibility index (Phi) is 41.7. The van der Waals surface area contributed by atoms with Crippen molar-refractivity contribution in [3.63, 3.8) is 0 Å². The van der Waals surface area contributed by atoms with E-state index in [4.69, 9.17) is 89.5 Å². The van der Waals surface area contributed by atoms with Gasteiger partial charge in [0.1, 0.15) is 134 Å². The molecule has 0 saturated carbocycles. The zero-order chi connectivity index (χ0) is 82.5. The van der Waals surface area contributed by atoms with Crippen LogP contribution in [0, 0.1) is 23.7 Å². The van der Waals surface area contributed by atoms with E-state index in [2.05, 4.69) is 35.0 Å². The monoisotopic (exact) mass is 1730 g/mol. The molecule has 0 aromatic rings. The van der Waals surface area contributed by atoms with Crippen LogP contribution in [0.2, 0.25) is 0 Å². The Labute approximate surface area is 644 Å². The first-order valence-corrected chi connectivity index (χ1v) is 37.8. The molecule has 10 heterocycles. The lowest BCUT2D eigenvalue weighted by Gasteiger charge is -2.47. The van der Waals surface area contributed by atoms with Crippen LogP contribution in [0.3, 0.4) is 0 Å². The Morgan fingerprint density at radius 1 is 0.348 bits per heavy atom. The van der Waals surface area contributed by atoms with Crippen molar-refractivity contribution >= 4 is 43.7 Å². The number of methoxy groups -OCH3 is 4. The fourth-order valence-corrected chi connectivity index (χ4v) is 14.3. The van der Waals surface area contributed by atoms with Crippen LogP contribution in [0.1, 0.15) is 27.7 Å². The number of hydrogen-bond acceptors (Lipinski definition) is 53. The highest BCUT2D eigenvalue weighted by Gasteiger charge is 2.59. The van der Waals surface area contributed by atoms with E-state index in [1.54, 1.807) is 13.8 Å². The summed E-state index contributed by atoms with van der Waals surface area (Å²) in [6.45, 7) is 2.50. The summed E-state index contributed by atoms with van der Waals surface area (Å²) in [5.74, 6) is -2.82. The van der Waals surface area contributed by atoms with Gasteiger partial charge in [-0.05, 0) is 0 Å². The quantitative estimate of drug-likeness (QED) is 0.0165. The molecule has 664 valence electrons. The molecule has 10 saturated heterocycles. The van der Waals surface area contributed by atoms with Crippen LogP contribution in [-0.2, 0) is 151 Å². The van der Waals surface area contributed by atoms with E-state index in [-0.39, 0.29) is 24.2 Å². The summed E-state index contributed by atoms with van der Waals surface area (Å²) in [6, 6.07) is 0. The molecular weight excluding hydrogens is 1630 g/mol. The van der Waals surface area contributed by atoms with E-state index in [1.165, 1.54) is 28.1 Å². The van der Waals surface area contributed by atoms with Gasteiger partial charge in [-0.3, -0.25) is 17.6 Å². The topological polar surface area (TPSA) is 808 Å². The second kappa shape index (κ2) is 45.6. The molecule has 56 heteroatoms. The zero-order valence-electron chi connectivity index (χ0n) is 60.3. The fourth-order valence-electron chi connectivity index (χ4n) is 13.2. The van der Waals surface area contributed by atoms with Gasteiger partial charge >= 0.3 is 0 Å². The Morgan fingerprint density at radius 2 is 0.643 bits per heavy atom. The summed E-state index contributed by atoms with van der Waals surface area (Å²) in [6.07, 6.45) is -43.4. The maximum atomic E-state index is 11.0. The van der Waals surface area contributed by atoms with E-state index in [1.807, 2.05) is 0 Å². The number of fused-ring (bicyclic) bond motifs is 4. The molecule has 4 bridgehead atoms. The van der Waals surface area contributed by atoms with Crippen LogP contribution in [0.25, 0.3) is 0 Å². The summed E-state index contributed by atoms with van der Waals surface area (Å²) in [5, 5.41) is 173. The highest BCUT2D eigenvalue weighted by atomic mass is 32.3. The first-order chi connectivity index (χ1) is 51.7. The number of aliphatic hydroxyl groups excluding tert-OH is 16. The SMILES string of the molecule is CO[C@H]1OC(COS(=O)(=O)[O-])[C@H](O[C@@H]2OC(CO)[C@H](O)[C@H](C)C2O)[C@H](O)C1O.CO[C@H]1OC(COS(=O)(=O)[O-])[C@H](O[C@@H]2OC(CO)[C@H](O)[C@H](C)C2O)[C@H](O)C1OO[O-].CO[C@H]1OC2COC([C@H]2O[C@@H]2OC(CO)[C@H](O)[C@H](C)C2O)[C@@H]1O.CO[C@H]1OC2COC([C@H]2O[C@@H]2OC(CO)[C@H](O)[C@H](C)C2O)[C@@H]1OS(=O)(=O)[O-].O=S.[OH-].[OH-]. The van der Waals surface area contributed by atoms with Crippen molar-refractivity contribution in [2.45, 2.75) is 249 Å². The third-order valence-corrected chi connectivity index (χ3v) is 20.8. The summed E-state index contributed by atoms with van der Waals surface area (Å²) in [5.41, 5.74) is 0. The summed E-state index contributed by atoms with van der Waals surface area (Å²) in [4.78, 5) is 4.38. The van der Waals surface area contributed by atoms with Gasteiger partial charge in [-0.1, -0.05) is 27.7 Å². The Morgan fingerprint density at radius 3 is 0.973 bits per heavy atom. The molecule has 112 heavy (non-hydrogen) atoms. The predicted octanol–water partition coefficient (Wildman–Crippen LogP) is -14.8. The third kappa shape index (κ3) is 25.6. The molecule has 10 fully saturated rings. The molecule has 0 aromatic heterocycles. The van der Waals surface area contributed by atoms with Crippen LogP contribution in [-0.4, -0.2) is 438 Å². The highest BCUT2D eigenvalue weighted by molar-refractivity contribution is 7.81. The fraction of sp³-hybridized carbons (Fsp3) is 1.00. The van der Waals surface area contributed by atoms with E-state index >= 15 is 0 Å². The maximum Gasteiger partial charge on any atom is 0.218 e. The Balaban J connectivity index is 0.000000312.